The molecule has 0 atom stereocenters. The Balaban J connectivity index is 2.30. The van der Waals surface area contributed by atoms with Gasteiger partial charge in [0.25, 0.3) is 0 Å². The highest BCUT2D eigenvalue weighted by molar-refractivity contribution is 14.1. The van der Waals surface area contributed by atoms with Gasteiger partial charge in [-0.25, -0.2) is 4.98 Å². The molecule has 0 aliphatic carbocycles. The van der Waals surface area contributed by atoms with Gasteiger partial charge < -0.3 is 5.73 Å². The Kier molecular flexibility index (Phi) is 3.43. The van der Waals surface area contributed by atoms with Crippen LogP contribution in [0.2, 0.25) is 0 Å². The van der Waals surface area contributed by atoms with E-state index < -0.39 is 0 Å². The first kappa shape index (κ1) is 11.4. The van der Waals surface area contributed by atoms with Gasteiger partial charge >= 0.3 is 0 Å². The Morgan fingerprint density at radius 1 is 1.19 bits per heavy atom. The number of aromatic nitrogens is 1. The van der Waals surface area contributed by atoms with Crippen LogP contribution in [0.5, 0.6) is 0 Å². The zero-order valence-electron chi connectivity index (χ0n) is 9.07. The van der Waals surface area contributed by atoms with Crippen molar-refractivity contribution in [1.29, 1.82) is 0 Å². The molecule has 1 aromatic carbocycles. The molecule has 0 radical (unpaired) electrons. The summed E-state index contributed by atoms with van der Waals surface area (Å²) in [5.74, 6) is 0.638. The van der Waals surface area contributed by atoms with Crippen LogP contribution in [-0.2, 0) is 6.42 Å². The normalized spacial score (nSPS) is 10.4. The fourth-order valence-corrected chi connectivity index (χ4v) is 2.01. The summed E-state index contributed by atoms with van der Waals surface area (Å²) in [7, 11) is 0. The SMILES string of the molecule is Cc1ccnc(N)c1Cc1ccc(I)cc1. The van der Waals surface area contributed by atoms with Gasteiger partial charge in [-0.05, 0) is 58.8 Å². The van der Waals surface area contributed by atoms with Gasteiger partial charge in [-0.1, -0.05) is 12.1 Å². The molecule has 0 unspecified atom stereocenters. The summed E-state index contributed by atoms with van der Waals surface area (Å²) < 4.78 is 1.25. The van der Waals surface area contributed by atoms with E-state index >= 15 is 0 Å². The molecule has 0 aliphatic rings. The summed E-state index contributed by atoms with van der Waals surface area (Å²) >= 11 is 2.30. The summed E-state index contributed by atoms with van der Waals surface area (Å²) in [6.07, 6.45) is 2.60. The number of nitrogens with two attached hydrogens (primary N) is 1. The fourth-order valence-electron chi connectivity index (χ4n) is 1.65. The third-order valence-electron chi connectivity index (χ3n) is 2.62. The molecule has 0 saturated heterocycles. The molecular weight excluding hydrogens is 311 g/mol. The highest BCUT2D eigenvalue weighted by atomic mass is 127. The molecule has 2 N–H and O–H groups in total. The number of benzene rings is 1. The Labute approximate surface area is 109 Å². The molecular formula is C13H13IN2. The summed E-state index contributed by atoms with van der Waals surface area (Å²) in [5, 5.41) is 0. The lowest BCUT2D eigenvalue weighted by atomic mass is 10.0. The number of aryl methyl sites for hydroxylation is 1. The molecule has 2 aromatic rings. The van der Waals surface area contributed by atoms with Crippen molar-refractivity contribution in [3.63, 3.8) is 0 Å². The zero-order chi connectivity index (χ0) is 11.5. The number of anilines is 1. The Hall–Kier alpha value is -1.10. The second kappa shape index (κ2) is 4.82. The van der Waals surface area contributed by atoms with Crippen LogP contribution in [0.4, 0.5) is 5.82 Å². The van der Waals surface area contributed by atoms with E-state index in [4.69, 9.17) is 5.73 Å². The van der Waals surface area contributed by atoms with Crippen molar-refractivity contribution in [2.75, 3.05) is 5.73 Å². The molecule has 0 saturated carbocycles. The largest absolute Gasteiger partial charge is 0.383 e. The predicted octanol–water partition coefficient (Wildman–Crippen LogP) is 3.17. The number of hydrogen-bond acceptors (Lipinski definition) is 2. The second-order valence-corrected chi connectivity index (χ2v) is 5.04. The van der Waals surface area contributed by atoms with Crippen molar-refractivity contribution >= 4 is 28.4 Å². The Bertz CT molecular complexity index is 472. The van der Waals surface area contributed by atoms with E-state index in [2.05, 4.69) is 58.8 Å². The van der Waals surface area contributed by atoms with Gasteiger partial charge in [0.2, 0.25) is 0 Å². The van der Waals surface area contributed by atoms with Crippen LogP contribution in [0.15, 0.2) is 36.5 Å². The van der Waals surface area contributed by atoms with Gasteiger partial charge in [0.05, 0.1) is 0 Å². The number of pyridine rings is 1. The van der Waals surface area contributed by atoms with Crippen molar-refractivity contribution in [3.8, 4) is 0 Å². The minimum atomic E-state index is 0.638. The summed E-state index contributed by atoms with van der Waals surface area (Å²) in [4.78, 5) is 4.13. The van der Waals surface area contributed by atoms with Gasteiger partial charge in [-0.2, -0.15) is 0 Å². The van der Waals surface area contributed by atoms with E-state index in [0.717, 1.165) is 12.0 Å². The van der Waals surface area contributed by atoms with Crippen molar-refractivity contribution < 1.29 is 0 Å². The smallest absolute Gasteiger partial charge is 0.127 e. The first-order valence-corrected chi connectivity index (χ1v) is 6.19. The number of rotatable bonds is 2. The van der Waals surface area contributed by atoms with E-state index in [1.54, 1.807) is 6.20 Å². The van der Waals surface area contributed by atoms with Crippen molar-refractivity contribution in [2.45, 2.75) is 13.3 Å². The maximum atomic E-state index is 5.89. The van der Waals surface area contributed by atoms with Gasteiger partial charge in [0, 0.05) is 21.8 Å². The lowest BCUT2D eigenvalue weighted by Crippen LogP contribution is -2.01. The van der Waals surface area contributed by atoms with E-state index in [1.807, 2.05) is 6.07 Å². The average molecular weight is 324 g/mol. The second-order valence-electron chi connectivity index (χ2n) is 3.79. The first-order valence-electron chi connectivity index (χ1n) is 5.11. The van der Waals surface area contributed by atoms with Crippen LogP contribution < -0.4 is 5.73 Å². The van der Waals surface area contributed by atoms with Gasteiger partial charge in [-0.3, -0.25) is 0 Å². The molecule has 1 heterocycles. The summed E-state index contributed by atoms with van der Waals surface area (Å²) in [5.41, 5.74) is 9.48. The monoisotopic (exact) mass is 324 g/mol. The van der Waals surface area contributed by atoms with E-state index in [-0.39, 0.29) is 0 Å². The predicted molar refractivity (Wildman–Crippen MR) is 75.4 cm³/mol. The number of nitrogen functional groups attached to an aromatic ring is 1. The fraction of sp³-hybridized carbons (Fsp3) is 0.154. The van der Waals surface area contributed by atoms with Crippen molar-refractivity contribution in [1.82, 2.24) is 4.98 Å². The first-order chi connectivity index (χ1) is 7.66. The molecule has 2 nitrogen and oxygen atoms in total. The Morgan fingerprint density at radius 3 is 2.50 bits per heavy atom. The molecule has 82 valence electrons. The Morgan fingerprint density at radius 2 is 1.88 bits per heavy atom. The van der Waals surface area contributed by atoms with Crippen LogP contribution in [0.1, 0.15) is 16.7 Å². The van der Waals surface area contributed by atoms with Crippen LogP contribution in [0.3, 0.4) is 0 Å². The van der Waals surface area contributed by atoms with Crippen LogP contribution >= 0.6 is 22.6 Å². The number of nitrogens with zero attached hydrogens (tertiary/aromatic N) is 1. The lowest BCUT2D eigenvalue weighted by molar-refractivity contribution is 1.12. The molecule has 0 amide bonds. The molecule has 0 spiro atoms. The van der Waals surface area contributed by atoms with Crippen LogP contribution in [0.25, 0.3) is 0 Å². The molecule has 3 heteroatoms. The van der Waals surface area contributed by atoms with Gasteiger partial charge in [0.1, 0.15) is 5.82 Å². The minimum absolute atomic E-state index is 0.638. The molecule has 0 aliphatic heterocycles. The van der Waals surface area contributed by atoms with Crippen molar-refractivity contribution in [2.24, 2.45) is 0 Å². The highest BCUT2D eigenvalue weighted by Crippen LogP contribution is 2.18. The molecule has 16 heavy (non-hydrogen) atoms. The summed E-state index contributed by atoms with van der Waals surface area (Å²) in [6, 6.07) is 10.5. The number of halogens is 1. The van der Waals surface area contributed by atoms with E-state index in [9.17, 15) is 0 Å². The van der Waals surface area contributed by atoms with E-state index in [0.29, 0.717) is 5.82 Å². The summed E-state index contributed by atoms with van der Waals surface area (Å²) in [6.45, 7) is 2.07. The number of hydrogen-bond donors (Lipinski definition) is 1. The maximum absolute atomic E-state index is 5.89. The molecule has 2 rings (SSSR count). The maximum Gasteiger partial charge on any atom is 0.127 e. The molecule has 0 bridgehead atoms. The molecule has 0 fully saturated rings. The van der Waals surface area contributed by atoms with E-state index in [1.165, 1.54) is 14.7 Å². The van der Waals surface area contributed by atoms with Crippen LogP contribution in [0, 0.1) is 10.5 Å². The third kappa shape index (κ3) is 2.52. The standard InChI is InChI=1S/C13H13IN2/c1-9-6-7-16-13(15)12(9)8-10-2-4-11(14)5-3-10/h2-7H,8H2,1H3,(H2,15,16). The molecule has 1 aromatic heterocycles. The average Bonchev–Trinajstić information content (AvgIpc) is 2.26. The topological polar surface area (TPSA) is 38.9 Å². The third-order valence-corrected chi connectivity index (χ3v) is 3.34. The lowest BCUT2D eigenvalue weighted by Gasteiger charge is -2.08. The van der Waals surface area contributed by atoms with Gasteiger partial charge in [0.15, 0.2) is 0 Å². The zero-order valence-corrected chi connectivity index (χ0v) is 11.2. The highest BCUT2D eigenvalue weighted by Gasteiger charge is 2.04. The quantitative estimate of drug-likeness (QED) is 0.862. The van der Waals surface area contributed by atoms with Crippen molar-refractivity contribution in [3.05, 3.63) is 56.8 Å². The van der Waals surface area contributed by atoms with Gasteiger partial charge in [-0.15, -0.1) is 0 Å². The minimum Gasteiger partial charge on any atom is -0.383 e. The van der Waals surface area contributed by atoms with Crippen LogP contribution in [-0.4, -0.2) is 4.98 Å².